The van der Waals surface area contributed by atoms with Gasteiger partial charge in [0.05, 0.1) is 6.61 Å². The molecule has 1 saturated heterocycles. The van der Waals surface area contributed by atoms with Crippen molar-refractivity contribution in [3.63, 3.8) is 0 Å². The first-order valence-electron chi connectivity index (χ1n) is 3.62. The summed E-state index contributed by atoms with van der Waals surface area (Å²) in [5, 5.41) is 0. The van der Waals surface area contributed by atoms with Crippen LogP contribution in [0.4, 0.5) is 0 Å². The highest BCUT2D eigenvalue weighted by Crippen LogP contribution is 1.99. The molecule has 1 amide bonds. The number of carbonyl (C=O) groups is 1. The molecular weight excluding hydrogens is 130 g/mol. The molecule has 0 N–H and O–H groups in total. The van der Waals surface area contributed by atoms with E-state index in [1.165, 1.54) is 0 Å². The molecular formula is C7H13NO2. The number of amides is 1. The molecule has 3 heteroatoms. The first-order chi connectivity index (χ1) is 4.80. The van der Waals surface area contributed by atoms with Crippen LogP contribution in [0.2, 0.25) is 0 Å². The van der Waals surface area contributed by atoms with Gasteiger partial charge in [0, 0.05) is 26.6 Å². The van der Waals surface area contributed by atoms with E-state index >= 15 is 0 Å². The van der Waals surface area contributed by atoms with Crippen LogP contribution < -0.4 is 0 Å². The van der Waals surface area contributed by atoms with E-state index in [4.69, 9.17) is 4.74 Å². The largest absolute Gasteiger partial charge is 0.380 e. The van der Waals surface area contributed by atoms with E-state index in [0.29, 0.717) is 13.0 Å². The van der Waals surface area contributed by atoms with E-state index in [2.05, 4.69) is 0 Å². The molecule has 1 heterocycles. The Bertz CT molecular complexity index is 125. The normalized spacial score (nSPS) is 22.1. The maximum atomic E-state index is 11.0. The van der Waals surface area contributed by atoms with Gasteiger partial charge >= 0.3 is 0 Å². The maximum Gasteiger partial charge on any atom is 0.222 e. The van der Waals surface area contributed by atoms with Crippen LogP contribution in [-0.4, -0.2) is 37.6 Å². The highest BCUT2D eigenvalue weighted by molar-refractivity contribution is 5.75. The van der Waals surface area contributed by atoms with Gasteiger partial charge in [-0.1, -0.05) is 0 Å². The van der Waals surface area contributed by atoms with E-state index < -0.39 is 0 Å². The second-order valence-corrected chi connectivity index (χ2v) is 2.53. The average molecular weight is 143 g/mol. The molecule has 1 fully saturated rings. The molecule has 3 nitrogen and oxygen atoms in total. The van der Waals surface area contributed by atoms with Crippen LogP contribution in [0, 0.1) is 0 Å². The summed E-state index contributed by atoms with van der Waals surface area (Å²) in [6.45, 7) is 2.15. The molecule has 1 aliphatic heterocycles. The zero-order valence-corrected chi connectivity index (χ0v) is 6.30. The van der Waals surface area contributed by atoms with E-state index in [9.17, 15) is 4.79 Å². The monoisotopic (exact) mass is 143 g/mol. The Labute approximate surface area is 61.0 Å². The Hall–Kier alpha value is -0.570. The number of likely N-dealkylation sites (N-methyl/N-ethyl adjacent to an activating group) is 1. The highest BCUT2D eigenvalue weighted by atomic mass is 16.5. The summed E-state index contributed by atoms with van der Waals surface area (Å²) in [7, 11) is 1.82. The van der Waals surface area contributed by atoms with Crippen molar-refractivity contribution in [1.29, 1.82) is 0 Å². The Morgan fingerprint density at radius 2 is 2.30 bits per heavy atom. The standard InChI is InChI=1S/C7H13NO2/c1-8-4-6-10-5-2-3-7(8)9/h2-6H2,1H3. The Morgan fingerprint density at radius 3 is 3.10 bits per heavy atom. The lowest BCUT2D eigenvalue weighted by Gasteiger charge is -2.19. The van der Waals surface area contributed by atoms with Gasteiger partial charge in [-0.2, -0.15) is 0 Å². The topological polar surface area (TPSA) is 29.5 Å². The number of ether oxygens (including phenoxy) is 1. The Morgan fingerprint density at radius 1 is 1.50 bits per heavy atom. The van der Waals surface area contributed by atoms with Crippen molar-refractivity contribution in [2.45, 2.75) is 12.8 Å². The summed E-state index contributed by atoms with van der Waals surface area (Å²) < 4.78 is 5.20. The van der Waals surface area contributed by atoms with Crippen LogP contribution in [0.5, 0.6) is 0 Å². The summed E-state index contributed by atoms with van der Waals surface area (Å²) in [6.07, 6.45) is 1.50. The third-order valence-corrected chi connectivity index (χ3v) is 1.68. The summed E-state index contributed by atoms with van der Waals surface area (Å²) in [4.78, 5) is 12.8. The molecule has 0 radical (unpaired) electrons. The van der Waals surface area contributed by atoms with E-state index in [1.54, 1.807) is 4.90 Å². The molecule has 0 bridgehead atoms. The molecule has 0 atom stereocenters. The predicted molar refractivity (Wildman–Crippen MR) is 37.7 cm³/mol. The van der Waals surface area contributed by atoms with Crippen molar-refractivity contribution in [2.75, 3.05) is 26.8 Å². The lowest BCUT2D eigenvalue weighted by Crippen LogP contribution is -2.32. The van der Waals surface area contributed by atoms with Crippen molar-refractivity contribution < 1.29 is 9.53 Å². The summed E-state index contributed by atoms with van der Waals surface area (Å²) >= 11 is 0. The second kappa shape index (κ2) is 3.56. The highest BCUT2D eigenvalue weighted by Gasteiger charge is 2.09. The SMILES string of the molecule is CN1CCOCCCC1=O. The van der Waals surface area contributed by atoms with Gasteiger partial charge < -0.3 is 9.64 Å². The van der Waals surface area contributed by atoms with E-state index in [1.807, 2.05) is 7.05 Å². The predicted octanol–water partition coefficient (Wildman–Crippen LogP) is 0.255. The van der Waals surface area contributed by atoms with Gasteiger partial charge in [-0.05, 0) is 6.42 Å². The molecule has 0 aromatic carbocycles. The molecule has 0 aromatic rings. The Kier molecular flexibility index (Phi) is 2.68. The molecule has 1 rings (SSSR count). The van der Waals surface area contributed by atoms with Crippen LogP contribution in [0.15, 0.2) is 0 Å². The molecule has 1 aliphatic rings. The third kappa shape index (κ3) is 1.99. The lowest BCUT2D eigenvalue weighted by atomic mass is 10.3. The fraction of sp³-hybridized carbons (Fsp3) is 0.857. The summed E-state index contributed by atoms with van der Waals surface area (Å²) in [5.41, 5.74) is 0. The molecule has 0 aliphatic carbocycles. The minimum absolute atomic E-state index is 0.239. The number of nitrogens with zero attached hydrogens (tertiary/aromatic N) is 1. The van der Waals surface area contributed by atoms with Gasteiger partial charge in [0.15, 0.2) is 0 Å². The van der Waals surface area contributed by atoms with Gasteiger partial charge in [-0.25, -0.2) is 0 Å². The molecule has 0 saturated carbocycles. The van der Waals surface area contributed by atoms with Crippen molar-refractivity contribution in [2.24, 2.45) is 0 Å². The van der Waals surface area contributed by atoms with Gasteiger partial charge in [-0.3, -0.25) is 4.79 Å². The maximum absolute atomic E-state index is 11.0. The Balaban J connectivity index is 2.35. The zero-order valence-electron chi connectivity index (χ0n) is 6.30. The number of carbonyl (C=O) groups excluding carboxylic acids is 1. The van der Waals surface area contributed by atoms with Crippen molar-refractivity contribution in [3.05, 3.63) is 0 Å². The van der Waals surface area contributed by atoms with Crippen LogP contribution in [0.1, 0.15) is 12.8 Å². The summed E-state index contributed by atoms with van der Waals surface area (Å²) in [6, 6.07) is 0. The minimum atomic E-state index is 0.239. The van der Waals surface area contributed by atoms with Crippen LogP contribution in [0.3, 0.4) is 0 Å². The zero-order chi connectivity index (χ0) is 7.40. The van der Waals surface area contributed by atoms with Gasteiger partial charge in [-0.15, -0.1) is 0 Å². The van der Waals surface area contributed by atoms with Crippen molar-refractivity contribution in [1.82, 2.24) is 4.90 Å². The van der Waals surface area contributed by atoms with Crippen molar-refractivity contribution >= 4 is 5.91 Å². The second-order valence-electron chi connectivity index (χ2n) is 2.53. The summed E-state index contributed by atoms with van der Waals surface area (Å²) in [5.74, 6) is 0.239. The van der Waals surface area contributed by atoms with Gasteiger partial charge in [0.2, 0.25) is 5.91 Å². The van der Waals surface area contributed by atoms with E-state index in [0.717, 1.165) is 19.6 Å². The van der Waals surface area contributed by atoms with Crippen molar-refractivity contribution in [3.8, 4) is 0 Å². The minimum Gasteiger partial charge on any atom is -0.380 e. The van der Waals surface area contributed by atoms with Crippen LogP contribution >= 0.6 is 0 Å². The molecule has 10 heavy (non-hydrogen) atoms. The quantitative estimate of drug-likeness (QED) is 0.486. The molecule has 0 spiro atoms. The molecule has 58 valence electrons. The van der Waals surface area contributed by atoms with Crippen LogP contribution in [-0.2, 0) is 9.53 Å². The first-order valence-corrected chi connectivity index (χ1v) is 3.62. The fourth-order valence-corrected chi connectivity index (χ4v) is 0.945. The third-order valence-electron chi connectivity index (χ3n) is 1.68. The average Bonchev–Trinajstić information content (AvgIpc) is 1.92. The van der Waals surface area contributed by atoms with E-state index in [-0.39, 0.29) is 5.91 Å². The number of rotatable bonds is 0. The van der Waals surface area contributed by atoms with Gasteiger partial charge in [0.1, 0.15) is 0 Å². The smallest absolute Gasteiger partial charge is 0.222 e. The first kappa shape index (κ1) is 7.54. The molecule has 0 aromatic heterocycles. The number of hydrogen-bond donors (Lipinski definition) is 0. The lowest BCUT2D eigenvalue weighted by molar-refractivity contribution is -0.132. The fourth-order valence-electron chi connectivity index (χ4n) is 0.945. The van der Waals surface area contributed by atoms with Crippen LogP contribution in [0.25, 0.3) is 0 Å². The van der Waals surface area contributed by atoms with Gasteiger partial charge in [0.25, 0.3) is 0 Å². The molecule has 0 unspecified atom stereocenters. The number of hydrogen-bond acceptors (Lipinski definition) is 2.